The van der Waals surface area contributed by atoms with Crippen molar-refractivity contribution in [2.45, 2.75) is 31.6 Å². The van der Waals surface area contributed by atoms with Gasteiger partial charge in [0.05, 0.1) is 5.69 Å². The second-order valence-corrected chi connectivity index (χ2v) is 19.3. The van der Waals surface area contributed by atoms with Crippen molar-refractivity contribution in [2.75, 3.05) is 4.90 Å². The summed E-state index contributed by atoms with van der Waals surface area (Å²) in [7, 11) is 0. The van der Waals surface area contributed by atoms with Gasteiger partial charge in [-0.15, -0.1) is 0 Å². The Kier molecular flexibility index (Phi) is 9.07. The number of hydrogen-bond acceptors (Lipinski definition) is 1. The molecule has 0 bridgehead atoms. The molecule has 0 saturated heterocycles. The Morgan fingerprint density at radius 3 is 1.65 bits per heavy atom. The normalized spacial score (nSPS) is 15.2. The van der Waals surface area contributed by atoms with Gasteiger partial charge in [0, 0.05) is 27.8 Å². The molecule has 0 radical (unpaired) electrons. The van der Waals surface area contributed by atoms with Crippen LogP contribution in [0.25, 0.3) is 77.2 Å². The lowest BCUT2D eigenvalue weighted by molar-refractivity contribution is 0.662. The third-order valence-electron chi connectivity index (χ3n) is 15.4. The van der Waals surface area contributed by atoms with Crippen molar-refractivity contribution in [3.8, 4) is 55.6 Å². The first-order valence-corrected chi connectivity index (χ1v) is 23.9. The minimum absolute atomic E-state index is 0.127. The highest BCUT2D eigenvalue weighted by Crippen LogP contribution is 2.56. The van der Waals surface area contributed by atoms with Crippen LogP contribution < -0.4 is 4.90 Å². The molecule has 0 spiro atoms. The van der Waals surface area contributed by atoms with Crippen molar-refractivity contribution in [3.63, 3.8) is 0 Å². The van der Waals surface area contributed by atoms with Crippen molar-refractivity contribution in [2.24, 2.45) is 0 Å². The van der Waals surface area contributed by atoms with Crippen LogP contribution in [0.4, 0.5) is 17.1 Å². The minimum atomic E-state index is -0.341. The molecule has 0 amide bonds. The van der Waals surface area contributed by atoms with Crippen molar-refractivity contribution in [3.05, 3.63) is 270 Å². The molecular weight excluding hydrogens is 819 g/mol. The number of nitrogens with zero attached hydrogens (tertiary/aromatic N) is 1. The Bertz CT molecular complexity index is 3780. The molecule has 11 aromatic rings. The van der Waals surface area contributed by atoms with E-state index in [1.54, 1.807) is 0 Å². The van der Waals surface area contributed by atoms with Gasteiger partial charge in [-0.2, -0.15) is 0 Å². The second kappa shape index (κ2) is 15.4. The maximum atomic E-state index is 2.49. The smallest absolute Gasteiger partial charge is 0.0540 e. The molecule has 2 aliphatic rings. The van der Waals surface area contributed by atoms with E-state index in [0.29, 0.717) is 0 Å². The summed E-state index contributed by atoms with van der Waals surface area (Å²) >= 11 is 0. The van der Waals surface area contributed by atoms with Gasteiger partial charge in [0.15, 0.2) is 0 Å². The van der Waals surface area contributed by atoms with E-state index in [1.807, 2.05) is 0 Å². The average Bonchev–Trinajstić information content (AvgIpc) is 3.80. The second-order valence-electron chi connectivity index (χ2n) is 19.3. The van der Waals surface area contributed by atoms with E-state index in [2.05, 4.69) is 268 Å². The predicted octanol–water partition coefficient (Wildman–Crippen LogP) is 18.1. The van der Waals surface area contributed by atoms with Gasteiger partial charge in [0.1, 0.15) is 0 Å². The van der Waals surface area contributed by atoms with E-state index < -0.39 is 0 Å². The average molecular weight is 868 g/mol. The van der Waals surface area contributed by atoms with Crippen LogP contribution in [0.1, 0.15) is 48.6 Å². The van der Waals surface area contributed by atoms with Crippen LogP contribution in [-0.4, -0.2) is 0 Å². The van der Waals surface area contributed by atoms with E-state index in [9.17, 15) is 0 Å². The van der Waals surface area contributed by atoms with Crippen LogP contribution in [0.3, 0.4) is 0 Å². The van der Waals surface area contributed by atoms with Crippen LogP contribution in [0.5, 0.6) is 0 Å². The number of hydrogen-bond donors (Lipinski definition) is 0. The number of para-hydroxylation sites is 1. The molecule has 68 heavy (non-hydrogen) atoms. The van der Waals surface area contributed by atoms with Crippen molar-refractivity contribution in [1.29, 1.82) is 0 Å². The first kappa shape index (κ1) is 40.1. The summed E-state index contributed by atoms with van der Waals surface area (Å²) in [5, 5.41) is 5.02. The third-order valence-corrected chi connectivity index (χ3v) is 15.4. The molecule has 1 atom stereocenters. The zero-order valence-corrected chi connectivity index (χ0v) is 38.5. The lowest BCUT2D eigenvalue weighted by atomic mass is 9.74. The summed E-state index contributed by atoms with van der Waals surface area (Å²) in [5.41, 5.74) is 22.2. The zero-order chi connectivity index (χ0) is 45.6. The van der Waals surface area contributed by atoms with Crippen molar-refractivity contribution < 1.29 is 0 Å². The summed E-state index contributed by atoms with van der Waals surface area (Å²) in [6, 6.07) is 90.3. The van der Waals surface area contributed by atoms with E-state index in [4.69, 9.17) is 0 Å². The Morgan fingerprint density at radius 2 is 0.853 bits per heavy atom. The quantitative estimate of drug-likeness (QED) is 0.144. The number of benzene rings is 11. The zero-order valence-electron chi connectivity index (χ0n) is 38.5. The molecule has 0 fully saturated rings. The lowest BCUT2D eigenvalue weighted by Crippen LogP contribution is -2.22. The molecule has 0 aliphatic heterocycles. The number of fused-ring (bicyclic) bond motifs is 9. The number of anilines is 3. The molecule has 1 unspecified atom stereocenters. The standard InChI is InChI=1S/C67H49N/c1-66(2)61-32-14-11-26-56(61)60-31-18-30-59(65(60)66)52-24-10-9-23-50(52)45-35-38-47(39-36-45)68(48-40-42-57-55-25-12-15-33-62(55)67(3,63(57)43-48)46-20-5-4-6-21-46)64-34-16-13-27-58(64)53-29-17-28-51-49-22-8-7-19-44(49)37-41-54(51)53/h4-43H,1-3H3. The van der Waals surface area contributed by atoms with Crippen LogP contribution in [0, 0.1) is 0 Å². The van der Waals surface area contributed by atoms with Gasteiger partial charge in [-0.1, -0.05) is 226 Å². The lowest BCUT2D eigenvalue weighted by Gasteiger charge is -2.32. The van der Waals surface area contributed by atoms with Crippen molar-refractivity contribution in [1.82, 2.24) is 0 Å². The topological polar surface area (TPSA) is 3.24 Å². The molecule has 322 valence electrons. The largest absolute Gasteiger partial charge is 0.310 e. The fraction of sp³-hybridized carbons (Fsp3) is 0.0746. The highest BCUT2D eigenvalue weighted by Gasteiger charge is 2.41. The van der Waals surface area contributed by atoms with Crippen LogP contribution in [0.15, 0.2) is 243 Å². The van der Waals surface area contributed by atoms with E-state index >= 15 is 0 Å². The van der Waals surface area contributed by atoms with Gasteiger partial charge in [-0.05, 0) is 137 Å². The molecule has 11 aromatic carbocycles. The first-order valence-electron chi connectivity index (χ1n) is 23.9. The summed E-state index contributed by atoms with van der Waals surface area (Å²) in [5.74, 6) is 0. The highest BCUT2D eigenvalue weighted by molar-refractivity contribution is 6.13. The maximum Gasteiger partial charge on any atom is 0.0540 e. The Balaban J connectivity index is 0.996. The Labute approximate surface area is 399 Å². The number of rotatable bonds is 7. The predicted molar refractivity (Wildman–Crippen MR) is 287 cm³/mol. The van der Waals surface area contributed by atoms with Crippen LogP contribution in [0.2, 0.25) is 0 Å². The first-order chi connectivity index (χ1) is 33.4. The third kappa shape index (κ3) is 5.95. The molecule has 0 aromatic heterocycles. The Morgan fingerprint density at radius 1 is 0.309 bits per heavy atom. The maximum absolute atomic E-state index is 2.49. The van der Waals surface area contributed by atoms with Gasteiger partial charge in [-0.25, -0.2) is 0 Å². The molecule has 0 heterocycles. The molecule has 1 heteroatoms. The van der Waals surface area contributed by atoms with Crippen LogP contribution in [-0.2, 0) is 10.8 Å². The Hall–Kier alpha value is -8.26. The minimum Gasteiger partial charge on any atom is -0.310 e. The summed E-state index contributed by atoms with van der Waals surface area (Å²) < 4.78 is 0. The molecule has 13 rings (SSSR count). The summed E-state index contributed by atoms with van der Waals surface area (Å²) in [4.78, 5) is 2.49. The van der Waals surface area contributed by atoms with Gasteiger partial charge >= 0.3 is 0 Å². The fourth-order valence-electron chi connectivity index (χ4n) is 12.1. The summed E-state index contributed by atoms with van der Waals surface area (Å²) in [6.07, 6.45) is 0. The molecule has 2 aliphatic carbocycles. The SMILES string of the molecule is CC1(C)c2ccccc2-c2cccc(-c3ccccc3-c3ccc(N(c4ccc5c(c4)C(C)(c4ccccc4)c4ccccc4-5)c4ccccc4-c4cccc5c4ccc4ccccc45)cc3)c21. The van der Waals surface area contributed by atoms with E-state index in [-0.39, 0.29) is 10.8 Å². The fourth-order valence-corrected chi connectivity index (χ4v) is 12.1. The summed E-state index contributed by atoms with van der Waals surface area (Å²) in [6.45, 7) is 7.17. The monoisotopic (exact) mass is 867 g/mol. The van der Waals surface area contributed by atoms with Gasteiger partial charge in [0.25, 0.3) is 0 Å². The molecule has 0 N–H and O–H groups in total. The molecular formula is C67H49N. The van der Waals surface area contributed by atoms with Gasteiger partial charge in [-0.3, -0.25) is 0 Å². The molecule has 1 nitrogen and oxygen atoms in total. The molecule has 0 saturated carbocycles. The van der Waals surface area contributed by atoms with Crippen LogP contribution >= 0.6 is 0 Å². The highest BCUT2D eigenvalue weighted by atomic mass is 15.1. The van der Waals surface area contributed by atoms with Crippen molar-refractivity contribution >= 4 is 38.6 Å². The van der Waals surface area contributed by atoms with Gasteiger partial charge < -0.3 is 4.90 Å². The van der Waals surface area contributed by atoms with E-state index in [1.165, 1.54) is 105 Å². The van der Waals surface area contributed by atoms with Gasteiger partial charge in [0.2, 0.25) is 0 Å². The van der Waals surface area contributed by atoms with E-state index in [0.717, 1.165) is 17.1 Å².